The lowest BCUT2D eigenvalue weighted by atomic mass is 10.2. The average molecular weight is 216 g/mol. The molecule has 0 atom stereocenters. The highest BCUT2D eigenvalue weighted by atomic mass is 16.5. The van der Waals surface area contributed by atoms with Gasteiger partial charge >= 0.3 is 0 Å². The lowest BCUT2D eigenvalue weighted by molar-refractivity contribution is 0.414. The van der Waals surface area contributed by atoms with Gasteiger partial charge in [0.25, 0.3) is 0 Å². The summed E-state index contributed by atoms with van der Waals surface area (Å²) in [6.45, 7) is 6.21. The van der Waals surface area contributed by atoms with Crippen molar-refractivity contribution in [2.45, 2.75) is 20.8 Å². The van der Waals surface area contributed by atoms with Gasteiger partial charge in [-0.2, -0.15) is 5.10 Å². The minimum absolute atomic E-state index is 0.878. The van der Waals surface area contributed by atoms with Crippen LogP contribution in [0.15, 0.2) is 24.4 Å². The number of aryl methyl sites for hydroxylation is 2. The molecule has 2 aromatic rings. The predicted molar refractivity (Wildman–Crippen MR) is 64.3 cm³/mol. The maximum atomic E-state index is 5.19. The first-order valence-electron chi connectivity index (χ1n) is 5.29. The molecule has 0 aliphatic rings. The van der Waals surface area contributed by atoms with Crippen LogP contribution in [0.2, 0.25) is 0 Å². The quantitative estimate of drug-likeness (QED) is 0.771. The van der Waals surface area contributed by atoms with E-state index in [4.69, 9.17) is 4.74 Å². The summed E-state index contributed by atoms with van der Waals surface area (Å²) in [6.07, 6.45) is 1.89. The van der Waals surface area contributed by atoms with Crippen molar-refractivity contribution in [1.29, 1.82) is 0 Å². The van der Waals surface area contributed by atoms with E-state index in [0.29, 0.717) is 0 Å². The first-order valence-corrected chi connectivity index (χ1v) is 5.29. The molecule has 0 saturated heterocycles. The zero-order chi connectivity index (χ0) is 11.7. The number of hydrogen-bond donors (Lipinski definition) is 0. The number of benzene rings is 1. The zero-order valence-electron chi connectivity index (χ0n) is 10.1. The molecule has 0 unspecified atom stereocenters. The number of nitrogens with zero attached hydrogens (tertiary/aromatic N) is 2. The van der Waals surface area contributed by atoms with Crippen molar-refractivity contribution in [2.24, 2.45) is 0 Å². The van der Waals surface area contributed by atoms with Crippen LogP contribution in [-0.4, -0.2) is 16.9 Å². The van der Waals surface area contributed by atoms with E-state index in [-0.39, 0.29) is 0 Å². The monoisotopic (exact) mass is 216 g/mol. The van der Waals surface area contributed by atoms with Gasteiger partial charge in [0.1, 0.15) is 5.75 Å². The summed E-state index contributed by atoms with van der Waals surface area (Å²) in [6, 6.07) is 6.01. The molecule has 0 fully saturated rings. The Kier molecular flexibility index (Phi) is 2.69. The third kappa shape index (κ3) is 1.69. The van der Waals surface area contributed by atoms with Crippen molar-refractivity contribution in [2.75, 3.05) is 7.11 Å². The molecule has 0 N–H and O–H groups in total. The van der Waals surface area contributed by atoms with E-state index < -0.39 is 0 Å². The van der Waals surface area contributed by atoms with Crippen LogP contribution in [0.5, 0.6) is 5.75 Å². The van der Waals surface area contributed by atoms with Gasteiger partial charge in [-0.1, -0.05) is 0 Å². The fraction of sp³-hybridized carbons (Fsp3) is 0.308. The van der Waals surface area contributed by atoms with Crippen molar-refractivity contribution < 1.29 is 4.74 Å². The Morgan fingerprint density at radius 1 is 1.12 bits per heavy atom. The van der Waals surface area contributed by atoms with E-state index in [1.165, 1.54) is 11.3 Å². The normalized spacial score (nSPS) is 10.5. The molecule has 3 nitrogen and oxygen atoms in total. The first kappa shape index (κ1) is 10.7. The standard InChI is InChI=1S/C13H16N2O/c1-9-7-12(16-4)5-6-13(9)15-11(3)10(2)8-14-15/h5-8H,1-4H3. The van der Waals surface area contributed by atoms with Gasteiger partial charge in [0.2, 0.25) is 0 Å². The molecule has 1 aromatic carbocycles. The van der Waals surface area contributed by atoms with Gasteiger partial charge in [-0.15, -0.1) is 0 Å². The number of methoxy groups -OCH3 is 1. The number of aromatic nitrogens is 2. The van der Waals surface area contributed by atoms with Crippen LogP contribution < -0.4 is 4.74 Å². The SMILES string of the molecule is COc1ccc(-n2ncc(C)c2C)c(C)c1. The highest BCUT2D eigenvalue weighted by molar-refractivity contribution is 5.45. The Morgan fingerprint density at radius 3 is 2.38 bits per heavy atom. The summed E-state index contributed by atoms with van der Waals surface area (Å²) in [5, 5.41) is 4.38. The van der Waals surface area contributed by atoms with Crippen molar-refractivity contribution in [3.05, 3.63) is 41.2 Å². The number of rotatable bonds is 2. The van der Waals surface area contributed by atoms with Gasteiger partial charge in [-0.25, -0.2) is 4.68 Å². The summed E-state index contributed by atoms with van der Waals surface area (Å²) in [5.41, 5.74) is 4.64. The molecule has 2 rings (SSSR count). The fourth-order valence-electron chi connectivity index (χ4n) is 1.73. The highest BCUT2D eigenvalue weighted by Gasteiger charge is 2.07. The minimum atomic E-state index is 0.878. The predicted octanol–water partition coefficient (Wildman–Crippen LogP) is 2.81. The maximum Gasteiger partial charge on any atom is 0.119 e. The molecule has 1 heterocycles. The third-order valence-electron chi connectivity index (χ3n) is 2.89. The summed E-state index contributed by atoms with van der Waals surface area (Å²) >= 11 is 0. The second kappa shape index (κ2) is 4.00. The van der Waals surface area contributed by atoms with Crippen LogP contribution in [0.25, 0.3) is 5.69 Å². The van der Waals surface area contributed by atoms with Crippen LogP contribution >= 0.6 is 0 Å². The lowest BCUT2D eigenvalue weighted by Crippen LogP contribution is -2.01. The van der Waals surface area contributed by atoms with Gasteiger partial charge in [0.15, 0.2) is 0 Å². The largest absolute Gasteiger partial charge is 0.497 e. The Hall–Kier alpha value is -1.77. The van der Waals surface area contributed by atoms with Crippen LogP contribution in [0, 0.1) is 20.8 Å². The van der Waals surface area contributed by atoms with Crippen LogP contribution in [0.3, 0.4) is 0 Å². The van der Waals surface area contributed by atoms with E-state index in [9.17, 15) is 0 Å². The van der Waals surface area contributed by atoms with Crippen LogP contribution in [0.1, 0.15) is 16.8 Å². The average Bonchev–Trinajstić information content (AvgIpc) is 2.60. The Bertz CT molecular complexity index is 515. The van der Waals surface area contributed by atoms with Gasteiger partial charge in [-0.05, 0) is 50.1 Å². The van der Waals surface area contributed by atoms with Crippen molar-refractivity contribution in [3.8, 4) is 11.4 Å². The molecule has 0 bridgehead atoms. The fourth-order valence-corrected chi connectivity index (χ4v) is 1.73. The Morgan fingerprint density at radius 2 is 1.88 bits per heavy atom. The third-order valence-corrected chi connectivity index (χ3v) is 2.89. The second-order valence-electron chi connectivity index (χ2n) is 3.98. The van der Waals surface area contributed by atoms with Gasteiger partial charge in [0, 0.05) is 5.69 Å². The van der Waals surface area contributed by atoms with Gasteiger partial charge in [-0.3, -0.25) is 0 Å². The van der Waals surface area contributed by atoms with Gasteiger partial charge < -0.3 is 4.74 Å². The van der Waals surface area contributed by atoms with E-state index in [0.717, 1.165) is 17.0 Å². The van der Waals surface area contributed by atoms with E-state index in [2.05, 4.69) is 25.9 Å². The Labute approximate surface area is 95.7 Å². The number of hydrogen-bond acceptors (Lipinski definition) is 2. The van der Waals surface area contributed by atoms with E-state index in [1.807, 2.05) is 29.1 Å². The van der Waals surface area contributed by atoms with Crippen LogP contribution in [-0.2, 0) is 0 Å². The van der Waals surface area contributed by atoms with Crippen molar-refractivity contribution in [1.82, 2.24) is 9.78 Å². The van der Waals surface area contributed by atoms with E-state index >= 15 is 0 Å². The summed E-state index contributed by atoms with van der Waals surface area (Å²) in [4.78, 5) is 0. The van der Waals surface area contributed by atoms with Crippen LogP contribution in [0.4, 0.5) is 0 Å². The minimum Gasteiger partial charge on any atom is -0.497 e. The molecule has 0 radical (unpaired) electrons. The molecule has 0 saturated carbocycles. The summed E-state index contributed by atoms with van der Waals surface area (Å²) < 4.78 is 7.15. The number of ether oxygens (including phenoxy) is 1. The molecule has 0 spiro atoms. The molecule has 0 aliphatic heterocycles. The Balaban J connectivity index is 2.52. The first-order chi connectivity index (χ1) is 7.63. The molecule has 16 heavy (non-hydrogen) atoms. The second-order valence-corrected chi connectivity index (χ2v) is 3.98. The smallest absolute Gasteiger partial charge is 0.119 e. The molecular weight excluding hydrogens is 200 g/mol. The lowest BCUT2D eigenvalue weighted by Gasteiger charge is -2.10. The molecule has 3 heteroatoms. The van der Waals surface area contributed by atoms with Crippen molar-refractivity contribution in [3.63, 3.8) is 0 Å². The molecule has 0 amide bonds. The summed E-state index contributed by atoms with van der Waals surface area (Å²) in [7, 11) is 1.68. The van der Waals surface area contributed by atoms with Gasteiger partial charge in [0.05, 0.1) is 19.0 Å². The molecule has 0 aliphatic carbocycles. The maximum absolute atomic E-state index is 5.19. The molecule has 84 valence electrons. The van der Waals surface area contributed by atoms with E-state index in [1.54, 1.807) is 7.11 Å². The highest BCUT2D eigenvalue weighted by Crippen LogP contribution is 2.21. The molecular formula is C13H16N2O. The van der Waals surface area contributed by atoms with Crippen molar-refractivity contribution >= 4 is 0 Å². The zero-order valence-corrected chi connectivity index (χ0v) is 10.1. The summed E-state index contributed by atoms with van der Waals surface area (Å²) in [5.74, 6) is 0.878. The molecule has 1 aromatic heterocycles. The topological polar surface area (TPSA) is 27.1 Å².